The Morgan fingerprint density at radius 2 is 1.75 bits per heavy atom. The minimum absolute atomic E-state index is 0.258. The number of nitrogens with one attached hydrogen (secondary N) is 1. The molecule has 0 bridgehead atoms. The van der Waals surface area contributed by atoms with Crippen LogP contribution in [-0.2, 0) is 16.8 Å². The number of fused-ring (bicyclic) bond motifs is 1. The SMILES string of the molecule is CN1c2ccc(NC(=O)c3ccc(Cn4ccnc4)cc3)cc2N(C)S1(=O)=O. The number of nitrogens with zero attached hydrogens (tertiary/aromatic N) is 4. The molecule has 0 saturated carbocycles. The van der Waals surface area contributed by atoms with E-state index in [9.17, 15) is 13.2 Å². The van der Waals surface area contributed by atoms with E-state index >= 15 is 0 Å². The van der Waals surface area contributed by atoms with Gasteiger partial charge in [0.15, 0.2) is 0 Å². The van der Waals surface area contributed by atoms with Gasteiger partial charge in [0.25, 0.3) is 5.91 Å². The van der Waals surface area contributed by atoms with Gasteiger partial charge in [0, 0.05) is 44.3 Å². The fourth-order valence-electron chi connectivity index (χ4n) is 3.11. The number of aromatic nitrogens is 2. The number of hydrogen-bond acceptors (Lipinski definition) is 4. The van der Waals surface area contributed by atoms with Crippen LogP contribution in [0, 0.1) is 0 Å². The van der Waals surface area contributed by atoms with Gasteiger partial charge in [0.1, 0.15) is 0 Å². The van der Waals surface area contributed by atoms with E-state index in [1.54, 1.807) is 42.9 Å². The highest BCUT2D eigenvalue weighted by Crippen LogP contribution is 2.40. The maximum Gasteiger partial charge on any atom is 0.326 e. The molecule has 0 aliphatic carbocycles. The van der Waals surface area contributed by atoms with Crippen LogP contribution in [-0.4, -0.2) is 38.0 Å². The van der Waals surface area contributed by atoms with Gasteiger partial charge < -0.3 is 9.88 Å². The normalized spacial score (nSPS) is 14.8. The Morgan fingerprint density at radius 1 is 1.04 bits per heavy atom. The van der Waals surface area contributed by atoms with E-state index in [4.69, 9.17) is 0 Å². The molecule has 1 aliphatic heterocycles. The third-order valence-corrected chi connectivity index (χ3v) is 6.52. The van der Waals surface area contributed by atoms with E-state index < -0.39 is 10.2 Å². The number of anilines is 3. The molecule has 144 valence electrons. The zero-order valence-electron chi connectivity index (χ0n) is 15.4. The van der Waals surface area contributed by atoms with Crippen molar-refractivity contribution < 1.29 is 13.2 Å². The lowest BCUT2D eigenvalue weighted by Gasteiger charge is -2.13. The molecule has 9 heteroatoms. The Labute approximate surface area is 163 Å². The third kappa shape index (κ3) is 3.09. The largest absolute Gasteiger partial charge is 0.333 e. The first-order valence-electron chi connectivity index (χ1n) is 8.59. The highest BCUT2D eigenvalue weighted by Gasteiger charge is 2.35. The number of carbonyl (C=O) groups is 1. The monoisotopic (exact) mass is 397 g/mol. The maximum absolute atomic E-state index is 12.5. The van der Waals surface area contributed by atoms with Crippen LogP contribution < -0.4 is 13.9 Å². The summed E-state index contributed by atoms with van der Waals surface area (Å²) in [6.45, 7) is 0.682. The van der Waals surface area contributed by atoms with Crippen LogP contribution in [0.3, 0.4) is 0 Å². The fourth-order valence-corrected chi connectivity index (χ4v) is 4.27. The molecule has 3 aromatic rings. The van der Waals surface area contributed by atoms with Crippen LogP contribution in [0.1, 0.15) is 15.9 Å². The minimum Gasteiger partial charge on any atom is -0.333 e. The molecule has 0 saturated heterocycles. The summed E-state index contributed by atoms with van der Waals surface area (Å²) in [4.78, 5) is 16.6. The van der Waals surface area contributed by atoms with Crippen molar-refractivity contribution in [2.24, 2.45) is 0 Å². The zero-order valence-corrected chi connectivity index (χ0v) is 16.2. The van der Waals surface area contributed by atoms with Crippen molar-refractivity contribution in [1.29, 1.82) is 0 Å². The van der Waals surface area contributed by atoms with E-state index in [1.807, 2.05) is 22.9 Å². The van der Waals surface area contributed by atoms with E-state index in [0.29, 0.717) is 29.2 Å². The number of amides is 1. The summed E-state index contributed by atoms with van der Waals surface area (Å²) in [5, 5.41) is 2.82. The Balaban J connectivity index is 1.49. The molecule has 0 radical (unpaired) electrons. The number of rotatable bonds is 4. The fraction of sp³-hybridized carbons (Fsp3) is 0.158. The van der Waals surface area contributed by atoms with E-state index in [1.165, 1.54) is 22.7 Å². The molecule has 1 N–H and O–H groups in total. The Morgan fingerprint density at radius 3 is 2.43 bits per heavy atom. The van der Waals surface area contributed by atoms with Crippen molar-refractivity contribution in [1.82, 2.24) is 9.55 Å². The average Bonchev–Trinajstić information content (AvgIpc) is 3.25. The highest BCUT2D eigenvalue weighted by molar-refractivity contribution is 7.94. The summed E-state index contributed by atoms with van der Waals surface area (Å²) < 4.78 is 28.8. The highest BCUT2D eigenvalue weighted by atomic mass is 32.2. The van der Waals surface area contributed by atoms with Gasteiger partial charge in [-0.15, -0.1) is 0 Å². The average molecular weight is 397 g/mol. The molecule has 1 amide bonds. The lowest BCUT2D eigenvalue weighted by molar-refractivity contribution is 0.102. The first-order valence-corrected chi connectivity index (χ1v) is 9.99. The van der Waals surface area contributed by atoms with Crippen molar-refractivity contribution in [3.8, 4) is 0 Å². The molecule has 2 aromatic carbocycles. The summed E-state index contributed by atoms with van der Waals surface area (Å²) in [5.74, 6) is -0.258. The smallest absolute Gasteiger partial charge is 0.326 e. The van der Waals surface area contributed by atoms with Crippen LogP contribution in [0.25, 0.3) is 0 Å². The Bertz CT molecular complexity index is 1120. The number of imidazole rings is 1. The van der Waals surface area contributed by atoms with Gasteiger partial charge in [-0.25, -0.2) is 4.98 Å². The van der Waals surface area contributed by atoms with Gasteiger partial charge in [0.05, 0.1) is 17.7 Å². The topological polar surface area (TPSA) is 87.5 Å². The van der Waals surface area contributed by atoms with Gasteiger partial charge in [-0.3, -0.25) is 13.4 Å². The van der Waals surface area contributed by atoms with E-state index in [2.05, 4.69) is 10.3 Å². The van der Waals surface area contributed by atoms with Gasteiger partial charge in [-0.1, -0.05) is 12.1 Å². The van der Waals surface area contributed by atoms with Gasteiger partial charge in [-0.05, 0) is 35.9 Å². The number of benzene rings is 2. The van der Waals surface area contributed by atoms with Crippen LogP contribution in [0.15, 0.2) is 61.2 Å². The first-order chi connectivity index (χ1) is 13.4. The summed E-state index contributed by atoms with van der Waals surface area (Å²) in [7, 11) is -0.549. The molecule has 0 fully saturated rings. The number of hydrogen-bond donors (Lipinski definition) is 1. The van der Waals surface area contributed by atoms with Gasteiger partial charge in [0.2, 0.25) is 0 Å². The maximum atomic E-state index is 12.5. The predicted octanol–water partition coefficient (Wildman–Crippen LogP) is 2.31. The molecule has 4 rings (SSSR count). The van der Waals surface area contributed by atoms with Crippen LogP contribution >= 0.6 is 0 Å². The van der Waals surface area contributed by atoms with Crippen molar-refractivity contribution in [2.45, 2.75) is 6.54 Å². The van der Waals surface area contributed by atoms with Crippen LogP contribution in [0.5, 0.6) is 0 Å². The third-order valence-electron chi connectivity index (χ3n) is 4.74. The standard InChI is InChI=1S/C19H19N5O3S/c1-22-17-8-7-16(11-18(17)23(2)28(22,26)27)21-19(25)15-5-3-14(4-6-15)12-24-10-9-20-13-24/h3-11,13H,12H2,1-2H3,(H,21,25). The minimum atomic E-state index is -3.54. The molecular weight excluding hydrogens is 378 g/mol. The predicted molar refractivity (Wildman–Crippen MR) is 108 cm³/mol. The molecule has 1 aliphatic rings. The van der Waals surface area contributed by atoms with Crippen molar-refractivity contribution in [3.63, 3.8) is 0 Å². The lowest BCUT2D eigenvalue weighted by Crippen LogP contribution is -2.32. The summed E-state index contributed by atoms with van der Waals surface area (Å²) in [6.07, 6.45) is 5.34. The molecule has 2 heterocycles. The molecule has 0 unspecified atom stereocenters. The lowest BCUT2D eigenvalue weighted by atomic mass is 10.1. The van der Waals surface area contributed by atoms with E-state index in [-0.39, 0.29) is 5.91 Å². The van der Waals surface area contributed by atoms with Gasteiger partial charge in [-0.2, -0.15) is 8.42 Å². The van der Waals surface area contributed by atoms with Crippen molar-refractivity contribution >= 4 is 33.2 Å². The van der Waals surface area contributed by atoms with Crippen LogP contribution in [0.4, 0.5) is 17.1 Å². The molecule has 1 aromatic heterocycles. The second-order valence-electron chi connectivity index (χ2n) is 6.53. The second kappa shape index (κ2) is 6.68. The quantitative estimate of drug-likeness (QED) is 0.732. The van der Waals surface area contributed by atoms with E-state index in [0.717, 1.165) is 5.56 Å². The molecule has 0 spiro atoms. The molecular formula is C19H19N5O3S. The molecule has 0 atom stereocenters. The molecule has 28 heavy (non-hydrogen) atoms. The molecule has 8 nitrogen and oxygen atoms in total. The zero-order chi connectivity index (χ0) is 19.9. The first kappa shape index (κ1) is 18.1. The summed E-state index contributed by atoms with van der Waals surface area (Å²) in [6, 6.07) is 12.3. The number of carbonyl (C=O) groups excluding carboxylic acids is 1. The summed E-state index contributed by atoms with van der Waals surface area (Å²) >= 11 is 0. The van der Waals surface area contributed by atoms with Crippen molar-refractivity contribution in [2.75, 3.05) is 28.0 Å². The van der Waals surface area contributed by atoms with Crippen molar-refractivity contribution in [3.05, 3.63) is 72.3 Å². The summed E-state index contributed by atoms with van der Waals surface area (Å²) in [5.41, 5.74) is 3.21. The van der Waals surface area contributed by atoms with Crippen LogP contribution in [0.2, 0.25) is 0 Å². The Hall–Kier alpha value is -3.33. The Kier molecular flexibility index (Phi) is 4.31. The van der Waals surface area contributed by atoms with Gasteiger partial charge >= 0.3 is 10.2 Å². The second-order valence-corrected chi connectivity index (χ2v) is 8.52.